The molecule has 1 aromatic heterocycles. The smallest absolute Gasteiger partial charge is 0.0831 e. The largest absolute Gasteiger partial charge is 0.326 e. The van der Waals surface area contributed by atoms with Gasteiger partial charge in [0.2, 0.25) is 0 Å². The predicted molar refractivity (Wildman–Crippen MR) is 100 cm³/mol. The van der Waals surface area contributed by atoms with E-state index in [0.29, 0.717) is 0 Å². The Hall–Kier alpha value is -2.01. The molecule has 1 N–H and O–H groups in total. The lowest BCUT2D eigenvalue weighted by atomic mass is 10.0. The summed E-state index contributed by atoms with van der Waals surface area (Å²) in [6, 6.07) is 8.37. The maximum Gasteiger partial charge on any atom is 0.0831 e. The van der Waals surface area contributed by atoms with Crippen LogP contribution in [0.3, 0.4) is 0 Å². The van der Waals surface area contributed by atoms with E-state index in [4.69, 9.17) is 0 Å². The SMILES string of the molecule is CCCCc1cn(-c2cccc(SNC3=C(C)CCC=C3)c2)nn1. The third kappa shape index (κ3) is 4.29. The third-order valence-corrected chi connectivity index (χ3v) is 4.93. The van der Waals surface area contributed by atoms with Gasteiger partial charge < -0.3 is 4.72 Å². The van der Waals surface area contributed by atoms with Crippen LogP contribution in [-0.4, -0.2) is 15.0 Å². The first-order chi connectivity index (χ1) is 11.8. The quantitative estimate of drug-likeness (QED) is 0.733. The number of aryl methyl sites for hydroxylation is 1. The molecule has 126 valence electrons. The molecule has 24 heavy (non-hydrogen) atoms. The molecule has 0 radical (unpaired) electrons. The van der Waals surface area contributed by atoms with Gasteiger partial charge in [0.05, 0.1) is 17.6 Å². The van der Waals surface area contributed by atoms with Crippen molar-refractivity contribution in [2.45, 2.75) is 50.8 Å². The second-order valence-electron chi connectivity index (χ2n) is 6.09. The molecule has 0 saturated heterocycles. The Bertz CT molecular complexity index is 745. The summed E-state index contributed by atoms with van der Waals surface area (Å²) in [4.78, 5) is 1.16. The van der Waals surface area contributed by atoms with Crippen LogP contribution in [0, 0.1) is 0 Å². The third-order valence-electron chi connectivity index (χ3n) is 4.12. The van der Waals surface area contributed by atoms with Gasteiger partial charge in [-0.3, -0.25) is 0 Å². The van der Waals surface area contributed by atoms with Crippen molar-refractivity contribution in [2.24, 2.45) is 0 Å². The molecular formula is C19H24N4S. The predicted octanol–water partition coefficient (Wildman–Crippen LogP) is 4.83. The summed E-state index contributed by atoms with van der Waals surface area (Å²) in [7, 11) is 0. The van der Waals surface area contributed by atoms with Crippen molar-refractivity contribution in [1.29, 1.82) is 0 Å². The normalized spacial score (nSPS) is 14.2. The monoisotopic (exact) mass is 340 g/mol. The number of hydrogen-bond acceptors (Lipinski definition) is 4. The van der Waals surface area contributed by atoms with E-state index in [9.17, 15) is 0 Å². The molecule has 0 fully saturated rings. The van der Waals surface area contributed by atoms with Gasteiger partial charge in [-0.05, 0) is 74.4 Å². The number of unbranched alkanes of at least 4 members (excludes halogenated alkanes) is 1. The fourth-order valence-electron chi connectivity index (χ4n) is 2.60. The highest BCUT2D eigenvalue weighted by Crippen LogP contribution is 2.23. The number of hydrogen-bond donors (Lipinski definition) is 1. The van der Waals surface area contributed by atoms with Crippen LogP contribution in [0.5, 0.6) is 0 Å². The number of rotatable bonds is 7. The molecule has 1 heterocycles. The first-order valence-corrected chi connectivity index (χ1v) is 9.38. The van der Waals surface area contributed by atoms with Crippen molar-refractivity contribution < 1.29 is 0 Å². The lowest BCUT2D eigenvalue weighted by Crippen LogP contribution is -2.06. The summed E-state index contributed by atoms with van der Waals surface area (Å²) < 4.78 is 5.32. The first kappa shape index (κ1) is 16.8. The zero-order valence-electron chi connectivity index (χ0n) is 14.3. The van der Waals surface area contributed by atoms with Gasteiger partial charge in [0, 0.05) is 10.6 Å². The van der Waals surface area contributed by atoms with Crippen molar-refractivity contribution in [1.82, 2.24) is 19.7 Å². The van der Waals surface area contributed by atoms with Crippen LogP contribution >= 0.6 is 11.9 Å². The molecule has 0 bridgehead atoms. The molecular weight excluding hydrogens is 316 g/mol. The lowest BCUT2D eigenvalue weighted by Gasteiger charge is -2.14. The van der Waals surface area contributed by atoms with Crippen molar-refractivity contribution in [3.05, 3.63) is 59.6 Å². The Kier molecular flexibility index (Phi) is 5.75. The zero-order valence-corrected chi connectivity index (χ0v) is 15.1. The van der Waals surface area contributed by atoms with Gasteiger partial charge in [0.15, 0.2) is 0 Å². The average Bonchev–Trinajstić information content (AvgIpc) is 3.08. The highest BCUT2D eigenvalue weighted by molar-refractivity contribution is 7.97. The minimum absolute atomic E-state index is 0.992. The molecule has 1 aromatic carbocycles. The van der Waals surface area contributed by atoms with E-state index in [0.717, 1.165) is 42.0 Å². The number of allylic oxidation sites excluding steroid dienone is 3. The van der Waals surface area contributed by atoms with E-state index in [1.54, 1.807) is 11.9 Å². The molecule has 3 rings (SSSR count). The molecule has 1 aliphatic carbocycles. The Labute approximate surface area is 148 Å². The molecule has 0 spiro atoms. The number of benzene rings is 1. The summed E-state index contributed by atoms with van der Waals surface area (Å²) in [5.74, 6) is 0. The van der Waals surface area contributed by atoms with Crippen LogP contribution in [0.15, 0.2) is 58.8 Å². The van der Waals surface area contributed by atoms with E-state index in [-0.39, 0.29) is 0 Å². The molecule has 0 aliphatic heterocycles. The summed E-state index contributed by atoms with van der Waals surface area (Å²) >= 11 is 1.64. The second kappa shape index (κ2) is 8.20. The molecule has 2 aromatic rings. The number of aromatic nitrogens is 3. The van der Waals surface area contributed by atoms with Crippen LogP contribution in [0.25, 0.3) is 5.69 Å². The summed E-state index contributed by atoms with van der Waals surface area (Å²) in [6.45, 7) is 4.38. The number of nitrogens with zero attached hydrogens (tertiary/aromatic N) is 3. The molecule has 0 saturated carbocycles. The van der Waals surface area contributed by atoms with Gasteiger partial charge in [0.1, 0.15) is 0 Å². The highest BCUT2D eigenvalue weighted by Gasteiger charge is 2.06. The molecule has 1 aliphatic rings. The van der Waals surface area contributed by atoms with E-state index in [2.05, 4.69) is 65.3 Å². The Balaban J connectivity index is 1.68. The average molecular weight is 340 g/mol. The van der Waals surface area contributed by atoms with Crippen LogP contribution in [0.1, 0.15) is 45.2 Å². The van der Waals surface area contributed by atoms with Crippen molar-refractivity contribution in [3.8, 4) is 5.69 Å². The van der Waals surface area contributed by atoms with Crippen molar-refractivity contribution in [2.75, 3.05) is 0 Å². The lowest BCUT2D eigenvalue weighted by molar-refractivity contribution is 0.761. The van der Waals surface area contributed by atoms with Crippen molar-refractivity contribution >= 4 is 11.9 Å². The van der Waals surface area contributed by atoms with Crippen LogP contribution in [0.4, 0.5) is 0 Å². The Morgan fingerprint density at radius 1 is 1.33 bits per heavy atom. The fraction of sp³-hybridized carbons (Fsp3) is 0.368. The molecule has 0 amide bonds. The zero-order chi connectivity index (χ0) is 16.8. The maximum atomic E-state index is 4.26. The van der Waals surface area contributed by atoms with Crippen LogP contribution in [0.2, 0.25) is 0 Å². The Morgan fingerprint density at radius 3 is 3.08 bits per heavy atom. The minimum Gasteiger partial charge on any atom is -0.326 e. The summed E-state index contributed by atoms with van der Waals surface area (Å²) in [6.07, 6.45) is 12.0. The fourth-order valence-corrected chi connectivity index (χ4v) is 3.40. The van der Waals surface area contributed by atoms with Crippen LogP contribution in [-0.2, 0) is 6.42 Å². The topological polar surface area (TPSA) is 42.7 Å². The highest BCUT2D eigenvalue weighted by atomic mass is 32.2. The van der Waals surface area contributed by atoms with E-state index in [1.165, 1.54) is 17.7 Å². The van der Waals surface area contributed by atoms with Gasteiger partial charge >= 0.3 is 0 Å². The van der Waals surface area contributed by atoms with Gasteiger partial charge in [-0.1, -0.05) is 30.7 Å². The summed E-state index contributed by atoms with van der Waals surface area (Å²) in [5.41, 5.74) is 4.74. The maximum absolute atomic E-state index is 4.26. The van der Waals surface area contributed by atoms with Gasteiger partial charge in [-0.25, -0.2) is 4.68 Å². The summed E-state index contributed by atoms with van der Waals surface area (Å²) in [5, 5.41) is 8.52. The van der Waals surface area contributed by atoms with Crippen molar-refractivity contribution in [3.63, 3.8) is 0 Å². The van der Waals surface area contributed by atoms with Crippen LogP contribution < -0.4 is 4.72 Å². The van der Waals surface area contributed by atoms with Gasteiger partial charge in [-0.15, -0.1) is 5.10 Å². The van der Waals surface area contributed by atoms with Gasteiger partial charge in [0.25, 0.3) is 0 Å². The molecule has 4 nitrogen and oxygen atoms in total. The first-order valence-electron chi connectivity index (χ1n) is 8.57. The standard InChI is InChI=1S/C19H24N4S/c1-3-4-9-16-14-23(22-20-16)17-10-7-11-18(13-17)24-21-19-12-6-5-8-15(19)2/h6-7,10-14,21H,3-5,8-9H2,1-2H3. The van der Waals surface area contributed by atoms with E-state index in [1.807, 2.05) is 10.9 Å². The molecule has 0 unspecified atom stereocenters. The van der Waals surface area contributed by atoms with Gasteiger partial charge in [-0.2, -0.15) is 0 Å². The molecule has 0 atom stereocenters. The Morgan fingerprint density at radius 2 is 2.25 bits per heavy atom. The minimum atomic E-state index is 0.992. The molecule has 5 heteroatoms. The second-order valence-corrected chi connectivity index (χ2v) is 6.97. The van der Waals surface area contributed by atoms with E-state index < -0.39 is 0 Å². The number of nitrogens with one attached hydrogen (secondary N) is 1. The van der Waals surface area contributed by atoms with E-state index >= 15 is 0 Å².